The molecule has 21 heavy (non-hydrogen) atoms. The van der Waals surface area contributed by atoms with Crippen molar-refractivity contribution in [3.8, 4) is 34.3 Å². The van der Waals surface area contributed by atoms with Crippen LogP contribution in [0.1, 0.15) is 0 Å². The molecule has 0 saturated carbocycles. The van der Waals surface area contributed by atoms with Crippen LogP contribution in [0.3, 0.4) is 0 Å². The second kappa shape index (κ2) is 5.53. The van der Waals surface area contributed by atoms with Crippen LogP contribution < -0.4 is 14.8 Å². The van der Waals surface area contributed by atoms with E-state index in [0.29, 0.717) is 17.1 Å². The number of aromatic hydroxyl groups is 2. The molecule has 0 unspecified atom stereocenters. The molecule has 1 amide bonds. The van der Waals surface area contributed by atoms with Gasteiger partial charge in [0.05, 0.1) is 19.8 Å². The molecule has 0 aliphatic rings. The third-order valence-electron chi connectivity index (χ3n) is 2.73. The summed E-state index contributed by atoms with van der Waals surface area (Å²) in [4.78, 5) is 10.6. The van der Waals surface area contributed by atoms with E-state index in [1.807, 2.05) is 5.32 Å². The number of rotatable bonds is 4. The van der Waals surface area contributed by atoms with Gasteiger partial charge in [0.25, 0.3) is 0 Å². The van der Waals surface area contributed by atoms with Crippen molar-refractivity contribution >= 4 is 12.0 Å². The minimum absolute atomic E-state index is 0.146. The summed E-state index contributed by atoms with van der Waals surface area (Å²) in [7, 11) is 2.88. The number of furan rings is 1. The van der Waals surface area contributed by atoms with Crippen LogP contribution in [0.15, 0.2) is 22.6 Å². The zero-order valence-corrected chi connectivity index (χ0v) is 11.2. The Morgan fingerprint density at radius 1 is 1.19 bits per heavy atom. The molecular formula is C13H13NO7. The van der Waals surface area contributed by atoms with E-state index in [9.17, 15) is 15.0 Å². The van der Waals surface area contributed by atoms with Crippen LogP contribution in [0.4, 0.5) is 10.7 Å². The van der Waals surface area contributed by atoms with Gasteiger partial charge in [-0.2, -0.15) is 0 Å². The lowest BCUT2D eigenvalue weighted by atomic mass is 10.1. The number of nitrogens with one attached hydrogen (secondary N) is 1. The fourth-order valence-corrected chi connectivity index (χ4v) is 1.77. The summed E-state index contributed by atoms with van der Waals surface area (Å²) in [6.07, 6.45) is -1.44. The lowest BCUT2D eigenvalue weighted by Gasteiger charge is -2.08. The monoisotopic (exact) mass is 295 g/mol. The molecule has 1 aromatic carbocycles. The zero-order chi connectivity index (χ0) is 15.6. The number of benzene rings is 1. The number of ether oxygens (including phenoxy) is 2. The number of hydrogen-bond acceptors (Lipinski definition) is 6. The quantitative estimate of drug-likeness (QED) is 0.683. The molecule has 0 aliphatic carbocycles. The van der Waals surface area contributed by atoms with Crippen molar-refractivity contribution in [2.24, 2.45) is 0 Å². The molecule has 8 nitrogen and oxygen atoms in total. The Morgan fingerprint density at radius 3 is 2.48 bits per heavy atom. The van der Waals surface area contributed by atoms with Crippen LogP contribution in [0, 0.1) is 0 Å². The Labute approximate surface area is 119 Å². The molecule has 1 heterocycles. The van der Waals surface area contributed by atoms with Gasteiger partial charge in [-0.25, -0.2) is 4.79 Å². The molecule has 4 N–H and O–H groups in total. The van der Waals surface area contributed by atoms with Crippen molar-refractivity contribution in [1.29, 1.82) is 0 Å². The molecule has 0 bridgehead atoms. The molecule has 0 aliphatic heterocycles. The van der Waals surface area contributed by atoms with Crippen molar-refractivity contribution in [3.05, 3.63) is 18.2 Å². The fourth-order valence-electron chi connectivity index (χ4n) is 1.77. The van der Waals surface area contributed by atoms with Gasteiger partial charge in [-0.1, -0.05) is 0 Å². The summed E-state index contributed by atoms with van der Waals surface area (Å²) in [5.41, 5.74) is 0.295. The van der Waals surface area contributed by atoms with Gasteiger partial charge in [-0.3, -0.25) is 5.32 Å². The van der Waals surface area contributed by atoms with Crippen LogP contribution in [0.2, 0.25) is 0 Å². The van der Waals surface area contributed by atoms with Crippen molar-refractivity contribution < 1.29 is 34.0 Å². The SMILES string of the molecule is COc1ccc(OC)c(-c2oc(NC(=O)O)c(O)c2O)c1. The second-order valence-electron chi connectivity index (χ2n) is 3.95. The van der Waals surface area contributed by atoms with Gasteiger partial charge in [0.2, 0.25) is 17.4 Å². The third-order valence-corrected chi connectivity index (χ3v) is 2.73. The van der Waals surface area contributed by atoms with E-state index in [-0.39, 0.29) is 5.76 Å². The Hall–Kier alpha value is -3.03. The molecular weight excluding hydrogens is 282 g/mol. The predicted molar refractivity (Wildman–Crippen MR) is 72.2 cm³/mol. The van der Waals surface area contributed by atoms with Crippen molar-refractivity contribution in [3.63, 3.8) is 0 Å². The van der Waals surface area contributed by atoms with Crippen molar-refractivity contribution in [1.82, 2.24) is 0 Å². The van der Waals surface area contributed by atoms with E-state index in [1.165, 1.54) is 20.3 Å². The summed E-state index contributed by atoms with van der Waals surface area (Å²) in [5.74, 6) is -1.13. The number of methoxy groups -OCH3 is 2. The van der Waals surface area contributed by atoms with E-state index in [2.05, 4.69) is 0 Å². The summed E-state index contributed by atoms with van der Waals surface area (Å²) >= 11 is 0. The van der Waals surface area contributed by atoms with Gasteiger partial charge in [-0.05, 0) is 18.2 Å². The standard InChI is InChI=1S/C13H13NO7/c1-19-6-3-4-8(20-2)7(5-6)11-9(15)10(16)12(21-11)14-13(17)18/h3-5,14-16H,1-2H3,(H,17,18). The smallest absolute Gasteiger partial charge is 0.411 e. The highest BCUT2D eigenvalue weighted by atomic mass is 16.5. The van der Waals surface area contributed by atoms with Gasteiger partial charge in [0, 0.05) is 0 Å². The molecule has 2 aromatic rings. The third kappa shape index (κ3) is 2.64. The summed E-state index contributed by atoms with van der Waals surface area (Å²) in [6, 6.07) is 4.73. The summed E-state index contributed by atoms with van der Waals surface area (Å²) in [5, 5.41) is 30.0. The lowest BCUT2D eigenvalue weighted by molar-refractivity contribution is 0.209. The Kier molecular flexibility index (Phi) is 3.79. The maximum Gasteiger partial charge on any atom is 0.411 e. The van der Waals surface area contributed by atoms with E-state index in [0.717, 1.165) is 0 Å². The number of amides is 1. The van der Waals surface area contributed by atoms with Gasteiger partial charge in [0.15, 0.2) is 5.76 Å². The first-order valence-corrected chi connectivity index (χ1v) is 5.75. The molecule has 0 radical (unpaired) electrons. The average Bonchev–Trinajstić information content (AvgIpc) is 2.74. The van der Waals surface area contributed by atoms with Crippen molar-refractivity contribution in [2.45, 2.75) is 0 Å². The summed E-state index contributed by atoms with van der Waals surface area (Å²) < 4.78 is 15.4. The average molecular weight is 295 g/mol. The maximum absolute atomic E-state index is 10.6. The van der Waals surface area contributed by atoms with E-state index >= 15 is 0 Å². The second-order valence-corrected chi connectivity index (χ2v) is 3.95. The zero-order valence-electron chi connectivity index (χ0n) is 11.2. The Morgan fingerprint density at radius 2 is 1.90 bits per heavy atom. The molecule has 1 aromatic heterocycles. The maximum atomic E-state index is 10.6. The highest BCUT2D eigenvalue weighted by Crippen LogP contribution is 2.48. The topological polar surface area (TPSA) is 121 Å². The van der Waals surface area contributed by atoms with Gasteiger partial charge in [0.1, 0.15) is 11.5 Å². The number of hydrogen-bond donors (Lipinski definition) is 4. The predicted octanol–water partition coefficient (Wildman–Crippen LogP) is 2.46. The van der Waals surface area contributed by atoms with Crippen LogP contribution in [0.5, 0.6) is 23.0 Å². The van der Waals surface area contributed by atoms with E-state index < -0.39 is 23.5 Å². The van der Waals surface area contributed by atoms with Gasteiger partial charge < -0.3 is 29.2 Å². The molecule has 0 fully saturated rings. The highest BCUT2D eigenvalue weighted by Gasteiger charge is 2.24. The molecule has 2 rings (SSSR count). The Balaban J connectivity index is 2.58. The first-order chi connectivity index (χ1) is 9.97. The van der Waals surface area contributed by atoms with Crippen LogP contribution in [0.25, 0.3) is 11.3 Å². The minimum atomic E-state index is -1.44. The molecule has 0 spiro atoms. The van der Waals surface area contributed by atoms with Gasteiger partial charge >= 0.3 is 6.09 Å². The van der Waals surface area contributed by atoms with Gasteiger partial charge in [-0.15, -0.1) is 0 Å². The largest absolute Gasteiger partial charge is 0.502 e. The lowest BCUT2D eigenvalue weighted by Crippen LogP contribution is -2.06. The van der Waals surface area contributed by atoms with E-state index in [1.54, 1.807) is 12.1 Å². The molecule has 0 atom stereocenters. The first-order valence-electron chi connectivity index (χ1n) is 5.75. The van der Waals surface area contributed by atoms with Crippen LogP contribution >= 0.6 is 0 Å². The minimum Gasteiger partial charge on any atom is -0.502 e. The number of carbonyl (C=O) groups is 1. The number of carboxylic acid groups (broad SMARTS) is 1. The number of anilines is 1. The molecule has 112 valence electrons. The summed E-state index contributed by atoms with van der Waals surface area (Å²) in [6.45, 7) is 0. The molecule has 0 saturated heterocycles. The van der Waals surface area contributed by atoms with E-state index in [4.69, 9.17) is 19.0 Å². The Bertz CT molecular complexity index is 677. The van der Waals surface area contributed by atoms with Crippen LogP contribution in [-0.4, -0.2) is 35.6 Å². The first kappa shape index (κ1) is 14.4. The highest BCUT2D eigenvalue weighted by molar-refractivity contribution is 5.87. The van der Waals surface area contributed by atoms with Crippen molar-refractivity contribution in [2.75, 3.05) is 19.5 Å². The van der Waals surface area contributed by atoms with Crippen LogP contribution in [-0.2, 0) is 0 Å². The molecule has 8 heteroatoms. The fraction of sp³-hybridized carbons (Fsp3) is 0.154. The normalized spacial score (nSPS) is 10.2.